The van der Waals surface area contributed by atoms with E-state index in [1.165, 1.54) is 32.1 Å². The van der Waals surface area contributed by atoms with E-state index in [2.05, 4.69) is 30.2 Å². The Kier molecular flexibility index (Phi) is 4.42. The van der Waals surface area contributed by atoms with E-state index in [4.69, 9.17) is 5.26 Å². The standard InChI is InChI=1S/C16H23N3/c1-13(2)10-16(8-3-4-9-16)12-18-15-7-5-6-14(11-17)19-15/h5-7,13H,3-4,8-10,12H2,1-2H3,(H,18,19). The van der Waals surface area contributed by atoms with Gasteiger partial charge in [-0.1, -0.05) is 32.8 Å². The van der Waals surface area contributed by atoms with Crippen molar-refractivity contribution in [1.29, 1.82) is 5.26 Å². The molecule has 0 radical (unpaired) electrons. The van der Waals surface area contributed by atoms with E-state index >= 15 is 0 Å². The SMILES string of the molecule is CC(C)CC1(CNc2cccc(C#N)n2)CCCC1. The van der Waals surface area contributed by atoms with E-state index in [0.29, 0.717) is 11.1 Å². The van der Waals surface area contributed by atoms with Crippen LogP contribution in [0.2, 0.25) is 0 Å². The number of rotatable bonds is 5. The van der Waals surface area contributed by atoms with Gasteiger partial charge in [-0.3, -0.25) is 0 Å². The molecule has 1 saturated carbocycles. The lowest BCUT2D eigenvalue weighted by Gasteiger charge is -2.31. The second-order valence-electron chi connectivity index (χ2n) is 6.18. The van der Waals surface area contributed by atoms with Crippen molar-refractivity contribution >= 4 is 5.82 Å². The maximum absolute atomic E-state index is 8.87. The lowest BCUT2D eigenvalue weighted by molar-refractivity contribution is 0.252. The van der Waals surface area contributed by atoms with Crippen LogP contribution in [0, 0.1) is 22.7 Å². The van der Waals surface area contributed by atoms with Crippen LogP contribution in [0.3, 0.4) is 0 Å². The largest absolute Gasteiger partial charge is 0.369 e. The van der Waals surface area contributed by atoms with Gasteiger partial charge >= 0.3 is 0 Å². The van der Waals surface area contributed by atoms with Gasteiger partial charge in [-0.25, -0.2) is 4.98 Å². The molecule has 3 nitrogen and oxygen atoms in total. The first kappa shape index (κ1) is 13.9. The normalized spacial score (nSPS) is 17.4. The van der Waals surface area contributed by atoms with Crippen molar-refractivity contribution in [2.24, 2.45) is 11.3 Å². The van der Waals surface area contributed by atoms with Gasteiger partial charge in [0.1, 0.15) is 17.6 Å². The Balaban J connectivity index is 2.00. The number of aromatic nitrogens is 1. The van der Waals surface area contributed by atoms with Gasteiger partial charge in [0.25, 0.3) is 0 Å². The molecule has 0 amide bonds. The summed E-state index contributed by atoms with van der Waals surface area (Å²) in [7, 11) is 0. The summed E-state index contributed by atoms with van der Waals surface area (Å²) in [6.07, 6.45) is 6.60. The minimum absolute atomic E-state index is 0.429. The third-order valence-corrected chi connectivity index (χ3v) is 4.01. The maximum Gasteiger partial charge on any atom is 0.142 e. The minimum atomic E-state index is 0.429. The number of pyridine rings is 1. The van der Waals surface area contributed by atoms with Crippen molar-refractivity contribution < 1.29 is 0 Å². The fraction of sp³-hybridized carbons (Fsp3) is 0.625. The molecule has 1 aliphatic rings. The monoisotopic (exact) mass is 257 g/mol. The zero-order valence-electron chi connectivity index (χ0n) is 11.9. The van der Waals surface area contributed by atoms with Crippen LogP contribution >= 0.6 is 0 Å². The topological polar surface area (TPSA) is 48.7 Å². The highest BCUT2D eigenvalue weighted by Crippen LogP contribution is 2.43. The number of nitriles is 1. The van der Waals surface area contributed by atoms with Gasteiger partial charge in [-0.15, -0.1) is 0 Å². The van der Waals surface area contributed by atoms with Crippen LogP contribution in [-0.2, 0) is 0 Å². The summed E-state index contributed by atoms with van der Waals surface area (Å²) in [5.74, 6) is 1.56. The molecule has 0 bridgehead atoms. The number of nitrogens with zero attached hydrogens (tertiary/aromatic N) is 2. The zero-order chi connectivity index (χ0) is 13.7. The number of nitrogens with one attached hydrogen (secondary N) is 1. The third-order valence-electron chi connectivity index (χ3n) is 4.01. The first-order valence-corrected chi connectivity index (χ1v) is 7.25. The first-order chi connectivity index (χ1) is 9.13. The van der Waals surface area contributed by atoms with E-state index in [9.17, 15) is 0 Å². The Morgan fingerprint density at radius 2 is 2.11 bits per heavy atom. The Hall–Kier alpha value is -1.56. The molecule has 1 aromatic rings. The van der Waals surface area contributed by atoms with E-state index < -0.39 is 0 Å². The average Bonchev–Trinajstić information content (AvgIpc) is 2.85. The molecule has 1 N–H and O–H groups in total. The van der Waals surface area contributed by atoms with Crippen LogP contribution in [0.5, 0.6) is 0 Å². The molecule has 2 rings (SSSR count). The van der Waals surface area contributed by atoms with Crippen molar-refractivity contribution in [3.8, 4) is 6.07 Å². The average molecular weight is 257 g/mol. The van der Waals surface area contributed by atoms with Crippen LogP contribution in [0.4, 0.5) is 5.82 Å². The van der Waals surface area contributed by atoms with Gasteiger partial charge in [-0.2, -0.15) is 5.26 Å². The summed E-state index contributed by atoms with van der Waals surface area (Å²) >= 11 is 0. The predicted octanol–water partition coefficient (Wildman–Crippen LogP) is 3.97. The van der Waals surface area contributed by atoms with Crippen LogP contribution in [0.15, 0.2) is 18.2 Å². The molecule has 0 spiro atoms. The Morgan fingerprint density at radius 1 is 1.37 bits per heavy atom. The highest BCUT2D eigenvalue weighted by atomic mass is 15.0. The van der Waals surface area contributed by atoms with Crippen molar-refractivity contribution in [2.75, 3.05) is 11.9 Å². The van der Waals surface area contributed by atoms with Crippen molar-refractivity contribution in [3.05, 3.63) is 23.9 Å². The minimum Gasteiger partial charge on any atom is -0.369 e. The molecular formula is C16H23N3. The van der Waals surface area contributed by atoms with Gasteiger partial charge < -0.3 is 5.32 Å². The molecule has 1 aromatic heterocycles. The number of hydrogen-bond acceptors (Lipinski definition) is 3. The fourth-order valence-electron chi connectivity index (χ4n) is 3.32. The Bertz CT molecular complexity index is 453. The number of hydrogen-bond donors (Lipinski definition) is 1. The summed E-state index contributed by atoms with van der Waals surface area (Å²) in [4.78, 5) is 4.29. The van der Waals surface area contributed by atoms with Crippen LogP contribution < -0.4 is 5.32 Å². The second kappa shape index (κ2) is 6.06. The molecule has 3 heteroatoms. The van der Waals surface area contributed by atoms with E-state index in [0.717, 1.165) is 18.3 Å². The highest BCUT2D eigenvalue weighted by molar-refractivity contribution is 5.38. The first-order valence-electron chi connectivity index (χ1n) is 7.25. The molecule has 102 valence electrons. The molecule has 0 aromatic carbocycles. The summed E-state index contributed by atoms with van der Waals surface area (Å²) in [5, 5.41) is 12.3. The molecule has 0 unspecified atom stereocenters. The zero-order valence-corrected chi connectivity index (χ0v) is 11.9. The Morgan fingerprint density at radius 3 is 2.74 bits per heavy atom. The van der Waals surface area contributed by atoms with E-state index in [1.54, 1.807) is 6.07 Å². The summed E-state index contributed by atoms with van der Waals surface area (Å²) < 4.78 is 0. The molecule has 0 aliphatic heterocycles. The molecule has 0 atom stereocenters. The number of anilines is 1. The van der Waals surface area contributed by atoms with E-state index in [-0.39, 0.29) is 0 Å². The van der Waals surface area contributed by atoms with Crippen molar-refractivity contribution in [2.45, 2.75) is 46.0 Å². The smallest absolute Gasteiger partial charge is 0.142 e. The van der Waals surface area contributed by atoms with Gasteiger partial charge in [0.15, 0.2) is 0 Å². The van der Waals surface area contributed by atoms with Crippen molar-refractivity contribution in [1.82, 2.24) is 4.98 Å². The summed E-state index contributed by atoms with van der Waals surface area (Å²) in [6, 6.07) is 7.66. The third kappa shape index (κ3) is 3.70. The van der Waals surface area contributed by atoms with Crippen LogP contribution in [-0.4, -0.2) is 11.5 Å². The van der Waals surface area contributed by atoms with Crippen molar-refractivity contribution in [3.63, 3.8) is 0 Å². The molecule has 19 heavy (non-hydrogen) atoms. The van der Waals surface area contributed by atoms with Gasteiger partial charge in [0, 0.05) is 6.54 Å². The summed E-state index contributed by atoms with van der Waals surface area (Å²) in [6.45, 7) is 5.58. The highest BCUT2D eigenvalue weighted by Gasteiger charge is 2.34. The van der Waals surface area contributed by atoms with Gasteiger partial charge in [0.05, 0.1) is 0 Å². The second-order valence-corrected chi connectivity index (χ2v) is 6.18. The van der Waals surface area contributed by atoms with Crippen LogP contribution in [0.1, 0.15) is 51.6 Å². The Labute approximate surface area is 116 Å². The fourth-order valence-corrected chi connectivity index (χ4v) is 3.32. The molecular weight excluding hydrogens is 234 g/mol. The van der Waals surface area contributed by atoms with Gasteiger partial charge in [-0.05, 0) is 42.7 Å². The van der Waals surface area contributed by atoms with Gasteiger partial charge in [0.2, 0.25) is 0 Å². The summed E-state index contributed by atoms with van der Waals surface area (Å²) in [5.41, 5.74) is 0.910. The maximum atomic E-state index is 8.87. The quantitative estimate of drug-likeness (QED) is 0.868. The molecule has 0 saturated heterocycles. The molecule has 1 aliphatic carbocycles. The molecule has 1 fully saturated rings. The predicted molar refractivity (Wildman–Crippen MR) is 77.8 cm³/mol. The van der Waals surface area contributed by atoms with E-state index in [1.807, 2.05) is 12.1 Å². The van der Waals surface area contributed by atoms with Crippen LogP contribution in [0.25, 0.3) is 0 Å². The lowest BCUT2D eigenvalue weighted by atomic mass is 9.78. The molecule has 1 heterocycles. The lowest BCUT2D eigenvalue weighted by Crippen LogP contribution is -2.28.